The Morgan fingerprint density at radius 2 is 1.94 bits per heavy atom. The number of hydrazone groups is 1. The van der Waals surface area contributed by atoms with Gasteiger partial charge in [-0.3, -0.25) is 4.79 Å². The van der Waals surface area contributed by atoms with Crippen molar-refractivity contribution in [3.63, 3.8) is 0 Å². The molecule has 0 radical (unpaired) electrons. The van der Waals surface area contributed by atoms with E-state index in [2.05, 4.69) is 10.5 Å². The third kappa shape index (κ3) is 2.91. The van der Waals surface area contributed by atoms with Crippen LogP contribution in [0.4, 0.5) is 0 Å². The van der Waals surface area contributed by atoms with E-state index < -0.39 is 5.91 Å². The van der Waals surface area contributed by atoms with Crippen molar-refractivity contribution < 1.29 is 9.21 Å². The highest BCUT2D eigenvalue weighted by atomic mass is 35.5. The van der Waals surface area contributed by atoms with Gasteiger partial charge in [0.2, 0.25) is 0 Å². The maximum atomic E-state index is 11.5. The highest BCUT2D eigenvalue weighted by Crippen LogP contribution is 2.21. The summed E-state index contributed by atoms with van der Waals surface area (Å²) in [6.45, 7) is 0. The number of hydrogen-bond acceptors (Lipinski definition) is 3. The van der Waals surface area contributed by atoms with Crippen LogP contribution < -0.4 is 5.43 Å². The van der Waals surface area contributed by atoms with Gasteiger partial charge < -0.3 is 4.42 Å². The lowest BCUT2D eigenvalue weighted by molar-refractivity contribution is 0.0927. The third-order valence-corrected chi connectivity index (χ3v) is 2.76. The summed E-state index contributed by atoms with van der Waals surface area (Å²) >= 11 is 11.9. The van der Waals surface area contributed by atoms with Crippen LogP contribution in [-0.4, -0.2) is 12.1 Å². The summed E-state index contributed by atoms with van der Waals surface area (Å²) in [5, 5.41) is 4.68. The number of hydrogen-bond donors (Lipinski definition) is 1. The number of rotatable bonds is 3. The lowest BCUT2D eigenvalue weighted by atomic mass is 10.2. The Balaban J connectivity index is 2.06. The fourth-order valence-electron chi connectivity index (χ4n) is 1.25. The number of carbonyl (C=O) groups excluding carboxylic acids is 1. The first-order valence-electron chi connectivity index (χ1n) is 4.99. The summed E-state index contributed by atoms with van der Waals surface area (Å²) in [4.78, 5) is 11.5. The molecule has 4 nitrogen and oxygen atoms in total. The molecule has 0 bridgehead atoms. The van der Waals surface area contributed by atoms with Crippen molar-refractivity contribution >= 4 is 35.3 Å². The van der Waals surface area contributed by atoms with Crippen LogP contribution in [0.2, 0.25) is 10.0 Å². The zero-order valence-electron chi connectivity index (χ0n) is 9.06. The van der Waals surface area contributed by atoms with Crippen LogP contribution in [-0.2, 0) is 0 Å². The van der Waals surface area contributed by atoms with E-state index in [9.17, 15) is 4.79 Å². The van der Waals surface area contributed by atoms with Crippen LogP contribution >= 0.6 is 23.2 Å². The minimum atomic E-state index is -0.445. The molecule has 0 aliphatic rings. The fourth-order valence-corrected chi connectivity index (χ4v) is 1.75. The molecule has 0 unspecified atom stereocenters. The largest absolute Gasteiger partial charge is 0.459 e. The lowest BCUT2D eigenvalue weighted by Crippen LogP contribution is -2.16. The quantitative estimate of drug-likeness (QED) is 0.693. The zero-order valence-corrected chi connectivity index (χ0v) is 10.6. The molecule has 1 amide bonds. The van der Waals surface area contributed by atoms with Crippen molar-refractivity contribution in [1.29, 1.82) is 0 Å². The smallest absolute Gasteiger partial charge is 0.307 e. The Morgan fingerprint density at radius 1 is 1.22 bits per heavy atom. The molecule has 1 aromatic carbocycles. The monoisotopic (exact) mass is 282 g/mol. The van der Waals surface area contributed by atoms with Crippen molar-refractivity contribution in [1.82, 2.24) is 5.43 Å². The molecule has 1 N–H and O–H groups in total. The summed E-state index contributed by atoms with van der Waals surface area (Å²) < 4.78 is 4.91. The second-order valence-electron chi connectivity index (χ2n) is 3.31. The van der Waals surface area contributed by atoms with Gasteiger partial charge in [-0.15, -0.1) is 0 Å². The summed E-state index contributed by atoms with van der Waals surface area (Å²) in [6.07, 6.45) is 2.79. The number of benzene rings is 1. The number of furan rings is 1. The van der Waals surface area contributed by atoms with Gasteiger partial charge in [-0.1, -0.05) is 29.3 Å². The Morgan fingerprint density at radius 3 is 2.56 bits per heavy atom. The number of amides is 1. The van der Waals surface area contributed by atoms with E-state index in [4.69, 9.17) is 27.6 Å². The predicted octanol–water partition coefficient (Wildman–Crippen LogP) is 3.35. The van der Waals surface area contributed by atoms with Crippen molar-refractivity contribution in [2.45, 2.75) is 0 Å². The molecule has 0 saturated carbocycles. The summed E-state index contributed by atoms with van der Waals surface area (Å²) in [7, 11) is 0. The minimum Gasteiger partial charge on any atom is -0.459 e. The first kappa shape index (κ1) is 12.7. The number of halogens is 2. The van der Waals surface area contributed by atoms with E-state index in [1.165, 1.54) is 18.5 Å². The molecule has 0 saturated heterocycles. The predicted molar refractivity (Wildman–Crippen MR) is 70.2 cm³/mol. The fraction of sp³-hybridized carbons (Fsp3) is 0. The van der Waals surface area contributed by atoms with Gasteiger partial charge in [-0.25, -0.2) is 5.43 Å². The third-order valence-electron chi connectivity index (χ3n) is 2.10. The van der Waals surface area contributed by atoms with Crippen molar-refractivity contribution in [2.75, 3.05) is 0 Å². The van der Waals surface area contributed by atoms with Crippen LogP contribution in [0.3, 0.4) is 0 Å². The second-order valence-corrected chi connectivity index (χ2v) is 4.13. The van der Waals surface area contributed by atoms with Gasteiger partial charge >= 0.3 is 5.91 Å². The number of nitrogens with one attached hydrogen (secondary N) is 1. The number of nitrogens with zero attached hydrogens (tertiary/aromatic N) is 1. The molecule has 18 heavy (non-hydrogen) atoms. The molecule has 0 aliphatic heterocycles. The first-order valence-corrected chi connectivity index (χ1v) is 5.75. The van der Waals surface area contributed by atoms with Gasteiger partial charge in [-0.2, -0.15) is 5.10 Å². The van der Waals surface area contributed by atoms with Crippen LogP contribution in [0.1, 0.15) is 16.1 Å². The molecule has 0 fully saturated rings. The van der Waals surface area contributed by atoms with Gasteiger partial charge in [-0.05, 0) is 24.3 Å². The Kier molecular flexibility index (Phi) is 4.02. The molecular formula is C12H8Cl2N2O2. The molecule has 6 heteroatoms. The van der Waals surface area contributed by atoms with Crippen LogP contribution in [0.5, 0.6) is 0 Å². The normalized spacial score (nSPS) is 10.8. The lowest BCUT2D eigenvalue weighted by Gasteiger charge is -2.00. The molecule has 1 aromatic heterocycles. The Labute approximate surface area is 113 Å². The topological polar surface area (TPSA) is 54.6 Å². The molecular weight excluding hydrogens is 275 g/mol. The minimum absolute atomic E-state index is 0.178. The first-order chi connectivity index (χ1) is 8.68. The van der Waals surface area contributed by atoms with Crippen molar-refractivity contribution in [2.24, 2.45) is 5.10 Å². The molecule has 0 spiro atoms. The second kappa shape index (κ2) is 5.71. The molecule has 0 aliphatic carbocycles. The average Bonchev–Trinajstić information content (AvgIpc) is 2.86. The Bertz CT molecular complexity index is 560. The van der Waals surface area contributed by atoms with Gasteiger partial charge in [0.1, 0.15) is 0 Å². The summed E-state index contributed by atoms with van der Waals surface area (Å²) in [5.41, 5.74) is 2.85. The van der Waals surface area contributed by atoms with Crippen molar-refractivity contribution in [3.05, 3.63) is 58.0 Å². The van der Waals surface area contributed by atoms with Crippen LogP contribution in [0.25, 0.3) is 0 Å². The van der Waals surface area contributed by atoms with E-state index in [1.807, 2.05) is 0 Å². The van der Waals surface area contributed by atoms with E-state index in [1.54, 1.807) is 24.3 Å². The molecule has 2 aromatic rings. The molecule has 92 valence electrons. The van der Waals surface area contributed by atoms with Gasteiger partial charge in [0, 0.05) is 5.56 Å². The molecule has 0 atom stereocenters. The highest BCUT2D eigenvalue weighted by Gasteiger charge is 2.06. The number of carbonyl (C=O) groups is 1. The van der Waals surface area contributed by atoms with Crippen molar-refractivity contribution in [3.8, 4) is 0 Å². The standard InChI is InChI=1S/C12H8Cl2N2O2/c13-9-3-1-4-10(14)8(9)7-15-16-12(17)11-5-2-6-18-11/h1-7H,(H,16,17)/b15-7+. The van der Waals surface area contributed by atoms with Gasteiger partial charge in [0.15, 0.2) is 5.76 Å². The molecule has 1 heterocycles. The van der Waals surface area contributed by atoms with Gasteiger partial charge in [0.05, 0.1) is 22.5 Å². The maximum Gasteiger partial charge on any atom is 0.307 e. The molecule has 2 rings (SSSR count). The highest BCUT2D eigenvalue weighted by molar-refractivity contribution is 6.38. The van der Waals surface area contributed by atoms with E-state index in [0.717, 1.165) is 0 Å². The van der Waals surface area contributed by atoms with Crippen LogP contribution in [0, 0.1) is 0 Å². The van der Waals surface area contributed by atoms with Gasteiger partial charge in [0.25, 0.3) is 0 Å². The summed E-state index contributed by atoms with van der Waals surface area (Å²) in [5.74, 6) is -0.267. The maximum absolute atomic E-state index is 11.5. The SMILES string of the molecule is O=C(N/N=C/c1c(Cl)cccc1Cl)c1ccco1. The summed E-state index contributed by atoms with van der Waals surface area (Å²) in [6, 6.07) is 8.24. The average molecular weight is 283 g/mol. The van der Waals surface area contributed by atoms with Crippen LogP contribution in [0.15, 0.2) is 46.1 Å². The Hall–Kier alpha value is -1.78. The van der Waals surface area contributed by atoms with E-state index in [0.29, 0.717) is 15.6 Å². The zero-order chi connectivity index (χ0) is 13.0. The van der Waals surface area contributed by atoms with E-state index >= 15 is 0 Å². The van der Waals surface area contributed by atoms with E-state index in [-0.39, 0.29) is 5.76 Å².